The molecule has 0 atom stereocenters. The van der Waals surface area contributed by atoms with E-state index >= 15 is 0 Å². The van der Waals surface area contributed by atoms with Crippen LogP contribution in [0.15, 0.2) is 23.1 Å². The number of ether oxygens (including phenoxy) is 1. The maximum atomic E-state index is 12.7. The van der Waals surface area contributed by atoms with Gasteiger partial charge < -0.3 is 15.0 Å². The Morgan fingerprint density at radius 2 is 1.86 bits per heavy atom. The van der Waals surface area contributed by atoms with Crippen molar-refractivity contribution in [3.8, 4) is 0 Å². The number of anilines is 1. The number of benzene rings is 1. The van der Waals surface area contributed by atoms with Crippen molar-refractivity contribution in [3.63, 3.8) is 0 Å². The zero-order valence-corrected chi connectivity index (χ0v) is 18.9. The van der Waals surface area contributed by atoms with Gasteiger partial charge in [0.2, 0.25) is 21.8 Å². The third-order valence-electron chi connectivity index (χ3n) is 4.36. The van der Waals surface area contributed by atoms with Crippen molar-refractivity contribution in [1.29, 1.82) is 0 Å². The maximum absolute atomic E-state index is 12.7. The van der Waals surface area contributed by atoms with Crippen LogP contribution in [0.2, 0.25) is 5.02 Å². The molecule has 0 bridgehead atoms. The van der Waals surface area contributed by atoms with Crippen molar-refractivity contribution in [2.75, 3.05) is 56.2 Å². The van der Waals surface area contributed by atoms with Crippen LogP contribution in [0.25, 0.3) is 0 Å². The highest BCUT2D eigenvalue weighted by Crippen LogP contribution is 2.27. The number of sulfonamides is 1. The quantitative estimate of drug-likeness (QED) is 0.600. The van der Waals surface area contributed by atoms with E-state index in [9.17, 15) is 18.0 Å². The number of amides is 2. The van der Waals surface area contributed by atoms with Gasteiger partial charge >= 0.3 is 0 Å². The third kappa shape index (κ3) is 6.58. The zero-order valence-electron chi connectivity index (χ0n) is 16.5. The first kappa shape index (κ1) is 23.9. The van der Waals surface area contributed by atoms with E-state index in [4.69, 9.17) is 16.3 Å². The molecule has 11 heteroatoms. The van der Waals surface area contributed by atoms with Crippen LogP contribution in [-0.2, 0) is 24.3 Å². The average molecular weight is 464 g/mol. The highest BCUT2D eigenvalue weighted by Gasteiger charge is 2.25. The molecule has 1 aromatic rings. The van der Waals surface area contributed by atoms with Gasteiger partial charge in [-0.05, 0) is 18.2 Å². The van der Waals surface area contributed by atoms with E-state index in [0.717, 1.165) is 0 Å². The van der Waals surface area contributed by atoms with Crippen LogP contribution >= 0.6 is 23.4 Å². The van der Waals surface area contributed by atoms with Crippen molar-refractivity contribution in [3.05, 3.63) is 23.2 Å². The van der Waals surface area contributed by atoms with Crippen molar-refractivity contribution in [2.24, 2.45) is 0 Å². The average Bonchev–Trinajstić information content (AvgIpc) is 2.70. The number of rotatable bonds is 9. The van der Waals surface area contributed by atoms with Gasteiger partial charge in [-0.2, -0.15) is 4.31 Å². The largest absolute Gasteiger partial charge is 0.378 e. The molecule has 29 heavy (non-hydrogen) atoms. The third-order valence-corrected chi connectivity index (χ3v) is 7.81. The molecule has 1 fully saturated rings. The Hall–Kier alpha value is -1.33. The normalized spacial score (nSPS) is 14.8. The minimum absolute atomic E-state index is 0.0230. The fraction of sp³-hybridized carbons (Fsp3) is 0.556. The molecular weight excluding hydrogens is 438 g/mol. The van der Waals surface area contributed by atoms with Gasteiger partial charge in [0.15, 0.2) is 0 Å². The number of morpholine rings is 1. The van der Waals surface area contributed by atoms with Crippen LogP contribution in [0, 0.1) is 0 Å². The second kappa shape index (κ2) is 11.2. The van der Waals surface area contributed by atoms with Crippen molar-refractivity contribution < 1.29 is 22.7 Å². The Balaban J connectivity index is 1.94. The number of nitrogens with one attached hydrogen (secondary N) is 1. The summed E-state index contributed by atoms with van der Waals surface area (Å²) in [5.74, 6) is -0.0598. The van der Waals surface area contributed by atoms with E-state index in [0.29, 0.717) is 45.1 Å². The Bertz CT molecular complexity index is 825. The molecule has 0 unspecified atom stereocenters. The number of thioether (sulfide) groups is 1. The first-order valence-electron chi connectivity index (χ1n) is 9.32. The number of hydrogen-bond acceptors (Lipinski definition) is 6. The SMILES string of the molecule is CCN(CC)S(=O)(=O)c1cc(NC(=O)CSCC(=O)N2CCOCC2)ccc1Cl. The standard InChI is InChI=1S/C18H26ClN3O5S2/c1-3-22(4-2)29(25,26)16-11-14(5-6-15(16)19)20-17(23)12-28-13-18(24)21-7-9-27-10-8-21/h5-6,11H,3-4,7-10,12-13H2,1-2H3,(H,20,23). The molecule has 8 nitrogen and oxygen atoms in total. The summed E-state index contributed by atoms with van der Waals surface area (Å²) >= 11 is 7.30. The molecule has 2 amide bonds. The topological polar surface area (TPSA) is 96.0 Å². The molecule has 2 rings (SSSR count). The lowest BCUT2D eigenvalue weighted by molar-refractivity contribution is -0.132. The van der Waals surface area contributed by atoms with Crippen molar-refractivity contribution in [1.82, 2.24) is 9.21 Å². The van der Waals surface area contributed by atoms with Gasteiger partial charge in [0.05, 0.1) is 29.7 Å². The van der Waals surface area contributed by atoms with Crippen LogP contribution < -0.4 is 5.32 Å². The Kier molecular flexibility index (Phi) is 9.22. The van der Waals surface area contributed by atoms with E-state index in [1.807, 2.05) is 0 Å². The first-order chi connectivity index (χ1) is 13.8. The molecule has 0 spiro atoms. The second-order valence-corrected chi connectivity index (χ2v) is 9.57. The van der Waals surface area contributed by atoms with Crippen LogP contribution in [0.1, 0.15) is 13.8 Å². The monoisotopic (exact) mass is 463 g/mol. The van der Waals surface area contributed by atoms with Crippen molar-refractivity contribution in [2.45, 2.75) is 18.7 Å². The Morgan fingerprint density at radius 1 is 1.21 bits per heavy atom. The number of carbonyl (C=O) groups is 2. The molecule has 1 N–H and O–H groups in total. The number of carbonyl (C=O) groups excluding carboxylic acids is 2. The van der Waals surface area contributed by atoms with Gasteiger partial charge in [-0.3, -0.25) is 9.59 Å². The van der Waals surface area contributed by atoms with E-state index in [2.05, 4.69) is 5.32 Å². The van der Waals surface area contributed by atoms with Crippen LogP contribution in [0.3, 0.4) is 0 Å². The van der Waals surface area contributed by atoms with Crippen LogP contribution in [-0.4, -0.2) is 80.3 Å². The molecule has 0 aromatic heterocycles. The second-order valence-electron chi connectivity index (χ2n) is 6.27. The Morgan fingerprint density at radius 3 is 2.48 bits per heavy atom. The molecule has 1 aromatic carbocycles. The van der Waals surface area contributed by atoms with E-state index in [-0.39, 0.29) is 33.2 Å². The van der Waals surface area contributed by atoms with Crippen molar-refractivity contribution >= 4 is 50.9 Å². The minimum atomic E-state index is -3.75. The molecule has 0 radical (unpaired) electrons. The molecule has 1 aliphatic rings. The van der Waals surface area contributed by atoms with Crippen LogP contribution in [0.5, 0.6) is 0 Å². The summed E-state index contributed by atoms with van der Waals surface area (Å²) in [5.41, 5.74) is 0.338. The highest BCUT2D eigenvalue weighted by molar-refractivity contribution is 8.00. The van der Waals surface area contributed by atoms with Crippen LogP contribution in [0.4, 0.5) is 5.69 Å². The highest BCUT2D eigenvalue weighted by atomic mass is 35.5. The molecule has 1 saturated heterocycles. The van der Waals surface area contributed by atoms with E-state index in [1.54, 1.807) is 24.8 Å². The van der Waals surface area contributed by atoms with Gasteiger partial charge in [-0.25, -0.2) is 8.42 Å². The van der Waals surface area contributed by atoms with Gasteiger partial charge in [-0.1, -0.05) is 25.4 Å². The van der Waals surface area contributed by atoms with Gasteiger partial charge in [-0.15, -0.1) is 11.8 Å². The summed E-state index contributed by atoms with van der Waals surface area (Å²) in [6, 6.07) is 4.35. The molecule has 1 aliphatic heterocycles. The lowest BCUT2D eigenvalue weighted by atomic mass is 10.3. The summed E-state index contributed by atoms with van der Waals surface area (Å²) in [7, 11) is -3.75. The predicted octanol–water partition coefficient (Wildman–Crippen LogP) is 1.90. The molecule has 1 heterocycles. The first-order valence-corrected chi connectivity index (χ1v) is 12.3. The number of nitrogens with zero attached hydrogens (tertiary/aromatic N) is 2. The van der Waals surface area contributed by atoms with Gasteiger partial charge in [0.25, 0.3) is 0 Å². The fourth-order valence-corrected chi connectivity index (χ4v) is 5.49. The predicted molar refractivity (Wildman–Crippen MR) is 115 cm³/mol. The lowest BCUT2D eigenvalue weighted by Gasteiger charge is -2.26. The number of hydrogen-bond donors (Lipinski definition) is 1. The van der Waals surface area contributed by atoms with Gasteiger partial charge in [0.1, 0.15) is 4.90 Å². The maximum Gasteiger partial charge on any atom is 0.244 e. The summed E-state index contributed by atoms with van der Waals surface area (Å²) in [5, 5.41) is 2.76. The zero-order chi connectivity index (χ0) is 21.4. The number of halogens is 1. The minimum Gasteiger partial charge on any atom is -0.378 e. The fourth-order valence-electron chi connectivity index (χ4n) is 2.81. The van der Waals surface area contributed by atoms with E-state index < -0.39 is 10.0 Å². The summed E-state index contributed by atoms with van der Waals surface area (Å²) in [6.07, 6.45) is 0. The Labute approximate surface area is 180 Å². The molecule has 0 saturated carbocycles. The molecule has 162 valence electrons. The lowest BCUT2D eigenvalue weighted by Crippen LogP contribution is -2.41. The van der Waals surface area contributed by atoms with Gasteiger partial charge in [0, 0.05) is 31.9 Å². The summed E-state index contributed by atoms with van der Waals surface area (Å²) < 4.78 is 32.0. The smallest absolute Gasteiger partial charge is 0.244 e. The molecular formula is C18H26ClN3O5S2. The van der Waals surface area contributed by atoms with E-state index in [1.165, 1.54) is 28.2 Å². The molecule has 0 aliphatic carbocycles. The summed E-state index contributed by atoms with van der Waals surface area (Å²) in [4.78, 5) is 26.0. The summed E-state index contributed by atoms with van der Waals surface area (Å²) in [6.45, 7) is 6.34.